The number of amides is 1. The van der Waals surface area contributed by atoms with Gasteiger partial charge in [-0.2, -0.15) is 0 Å². The number of carbonyl (C=O) groups excluding carboxylic acids is 1. The molecule has 0 fully saturated rings. The zero-order chi connectivity index (χ0) is 12.1. The molecule has 0 saturated heterocycles. The Morgan fingerprint density at radius 2 is 2.25 bits per heavy atom. The molecule has 0 aromatic carbocycles. The zero-order valence-electron chi connectivity index (χ0n) is 8.77. The molecule has 0 aliphatic heterocycles. The van der Waals surface area contributed by atoms with E-state index in [4.69, 9.17) is 21.1 Å². The van der Waals surface area contributed by atoms with Gasteiger partial charge in [0.1, 0.15) is 0 Å². The molecule has 0 aliphatic carbocycles. The Kier molecular flexibility index (Phi) is 4.37. The SMILES string of the molecule is CN(CCCC(=O)O)C(=O)c1ccoc1Cl. The Balaban J connectivity index is 2.49. The van der Waals surface area contributed by atoms with Crippen LogP contribution in [-0.4, -0.2) is 35.5 Å². The molecule has 0 unspecified atom stereocenters. The summed E-state index contributed by atoms with van der Waals surface area (Å²) in [5.74, 6) is -1.15. The Hall–Kier alpha value is -1.49. The number of rotatable bonds is 5. The number of nitrogens with zero attached hydrogens (tertiary/aromatic N) is 1. The first-order valence-corrected chi connectivity index (χ1v) is 5.10. The maximum Gasteiger partial charge on any atom is 0.303 e. The summed E-state index contributed by atoms with van der Waals surface area (Å²) in [4.78, 5) is 23.4. The second kappa shape index (κ2) is 5.55. The highest BCUT2D eigenvalue weighted by atomic mass is 35.5. The summed E-state index contributed by atoms with van der Waals surface area (Å²) in [7, 11) is 1.59. The molecule has 0 spiro atoms. The lowest BCUT2D eigenvalue weighted by atomic mass is 10.2. The molecule has 0 radical (unpaired) electrons. The van der Waals surface area contributed by atoms with Crippen LogP contribution in [-0.2, 0) is 4.79 Å². The second-order valence-electron chi connectivity index (χ2n) is 3.33. The fraction of sp³-hybridized carbons (Fsp3) is 0.400. The summed E-state index contributed by atoms with van der Waals surface area (Å²) in [5, 5.41) is 8.50. The van der Waals surface area contributed by atoms with Gasteiger partial charge in [-0.15, -0.1) is 0 Å². The van der Waals surface area contributed by atoms with Gasteiger partial charge in [0.25, 0.3) is 5.91 Å². The molecule has 5 nitrogen and oxygen atoms in total. The van der Waals surface area contributed by atoms with Crippen LogP contribution in [0.15, 0.2) is 16.7 Å². The molecule has 6 heteroatoms. The number of carboxylic acid groups (broad SMARTS) is 1. The van der Waals surface area contributed by atoms with Crippen LogP contribution in [0, 0.1) is 0 Å². The number of carboxylic acids is 1. The molecule has 0 aliphatic rings. The number of carbonyl (C=O) groups is 2. The summed E-state index contributed by atoms with van der Waals surface area (Å²) < 4.78 is 4.80. The van der Waals surface area contributed by atoms with Crippen LogP contribution in [0.4, 0.5) is 0 Å². The third kappa shape index (κ3) is 3.27. The lowest BCUT2D eigenvalue weighted by Gasteiger charge is -2.15. The van der Waals surface area contributed by atoms with Crippen molar-refractivity contribution in [2.75, 3.05) is 13.6 Å². The van der Waals surface area contributed by atoms with Crippen molar-refractivity contribution in [3.8, 4) is 0 Å². The summed E-state index contributed by atoms with van der Waals surface area (Å²) in [5.41, 5.74) is 0.291. The second-order valence-corrected chi connectivity index (χ2v) is 3.68. The fourth-order valence-electron chi connectivity index (χ4n) is 1.22. The molecule has 0 saturated carbocycles. The number of aliphatic carboxylic acids is 1. The van der Waals surface area contributed by atoms with E-state index in [0.29, 0.717) is 18.5 Å². The average molecular weight is 246 g/mol. The van der Waals surface area contributed by atoms with Crippen LogP contribution in [0.2, 0.25) is 5.22 Å². The summed E-state index contributed by atoms with van der Waals surface area (Å²) >= 11 is 5.65. The fourth-order valence-corrected chi connectivity index (χ4v) is 1.42. The quantitative estimate of drug-likeness (QED) is 0.860. The monoisotopic (exact) mass is 245 g/mol. The molecule has 1 heterocycles. The van der Waals surface area contributed by atoms with Gasteiger partial charge in [0.05, 0.1) is 11.8 Å². The van der Waals surface area contributed by atoms with E-state index in [1.165, 1.54) is 17.2 Å². The summed E-state index contributed by atoms with van der Waals surface area (Å²) in [6.07, 6.45) is 1.78. The van der Waals surface area contributed by atoms with E-state index >= 15 is 0 Å². The van der Waals surface area contributed by atoms with Gasteiger partial charge >= 0.3 is 5.97 Å². The molecule has 0 atom stereocenters. The number of halogens is 1. The van der Waals surface area contributed by atoms with Gasteiger partial charge in [0.2, 0.25) is 5.22 Å². The largest absolute Gasteiger partial charge is 0.481 e. The van der Waals surface area contributed by atoms with E-state index < -0.39 is 5.97 Å². The lowest BCUT2D eigenvalue weighted by molar-refractivity contribution is -0.137. The van der Waals surface area contributed by atoms with E-state index in [9.17, 15) is 9.59 Å². The van der Waals surface area contributed by atoms with Crippen molar-refractivity contribution in [3.63, 3.8) is 0 Å². The molecule has 1 N–H and O–H groups in total. The molecular weight excluding hydrogens is 234 g/mol. The summed E-state index contributed by atoms with van der Waals surface area (Å²) in [6.45, 7) is 0.368. The molecule has 0 bridgehead atoms. The predicted octanol–water partition coefficient (Wildman–Crippen LogP) is 1.87. The zero-order valence-corrected chi connectivity index (χ0v) is 9.53. The van der Waals surface area contributed by atoms with Crippen molar-refractivity contribution in [2.24, 2.45) is 0 Å². The van der Waals surface area contributed by atoms with E-state index in [1.807, 2.05) is 0 Å². The van der Waals surface area contributed by atoms with Crippen LogP contribution in [0.1, 0.15) is 23.2 Å². The van der Waals surface area contributed by atoms with E-state index in [-0.39, 0.29) is 17.5 Å². The van der Waals surface area contributed by atoms with E-state index in [2.05, 4.69) is 0 Å². The Morgan fingerprint density at radius 3 is 2.75 bits per heavy atom. The molecule has 1 aromatic rings. The first-order valence-electron chi connectivity index (χ1n) is 4.72. The van der Waals surface area contributed by atoms with Gasteiger partial charge in [0.15, 0.2) is 0 Å². The Morgan fingerprint density at radius 1 is 1.56 bits per heavy atom. The molecule has 1 amide bonds. The smallest absolute Gasteiger partial charge is 0.303 e. The number of hydrogen-bond acceptors (Lipinski definition) is 3. The first-order chi connectivity index (χ1) is 7.52. The van der Waals surface area contributed by atoms with Crippen molar-refractivity contribution in [1.29, 1.82) is 0 Å². The highest BCUT2D eigenvalue weighted by Crippen LogP contribution is 2.18. The van der Waals surface area contributed by atoms with Gasteiger partial charge < -0.3 is 14.4 Å². The number of hydrogen-bond donors (Lipinski definition) is 1. The van der Waals surface area contributed by atoms with Gasteiger partial charge in [-0.3, -0.25) is 9.59 Å². The van der Waals surface area contributed by atoms with Gasteiger partial charge in [0, 0.05) is 20.0 Å². The molecule has 16 heavy (non-hydrogen) atoms. The van der Waals surface area contributed by atoms with Crippen molar-refractivity contribution in [2.45, 2.75) is 12.8 Å². The molecule has 1 aromatic heterocycles. The van der Waals surface area contributed by atoms with Crippen LogP contribution >= 0.6 is 11.6 Å². The topological polar surface area (TPSA) is 70.8 Å². The maximum atomic E-state index is 11.7. The summed E-state index contributed by atoms with van der Waals surface area (Å²) in [6, 6.07) is 1.48. The molecular formula is C10H12ClNO4. The predicted molar refractivity (Wildman–Crippen MR) is 57.5 cm³/mol. The molecule has 1 rings (SSSR count). The van der Waals surface area contributed by atoms with Gasteiger partial charge in [-0.05, 0) is 24.1 Å². The van der Waals surface area contributed by atoms with Crippen LogP contribution in [0.3, 0.4) is 0 Å². The minimum absolute atomic E-state index is 0.0384. The van der Waals surface area contributed by atoms with Crippen molar-refractivity contribution < 1.29 is 19.1 Å². The number of furan rings is 1. The van der Waals surface area contributed by atoms with Crippen LogP contribution in [0.25, 0.3) is 0 Å². The lowest BCUT2D eigenvalue weighted by Crippen LogP contribution is -2.27. The molecule has 88 valence electrons. The minimum Gasteiger partial charge on any atom is -0.481 e. The van der Waals surface area contributed by atoms with Gasteiger partial charge in [-0.1, -0.05) is 0 Å². The third-order valence-corrected chi connectivity index (χ3v) is 2.37. The average Bonchev–Trinajstić information content (AvgIpc) is 2.62. The first kappa shape index (κ1) is 12.6. The van der Waals surface area contributed by atoms with Crippen molar-refractivity contribution >= 4 is 23.5 Å². The highest BCUT2D eigenvalue weighted by molar-refractivity contribution is 6.32. The van der Waals surface area contributed by atoms with Crippen LogP contribution in [0.5, 0.6) is 0 Å². The van der Waals surface area contributed by atoms with Crippen molar-refractivity contribution in [3.05, 3.63) is 23.1 Å². The van der Waals surface area contributed by atoms with Gasteiger partial charge in [-0.25, -0.2) is 0 Å². The van der Waals surface area contributed by atoms with Crippen LogP contribution < -0.4 is 0 Å². The third-order valence-electron chi connectivity index (χ3n) is 2.08. The van der Waals surface area contributed by atoms with Crippen molar-refractivity contribution in [1.82, 2.24) is 4.90 Å². The standard InChI is InChI=1S/C10H12ClNO4/c1-12(5-2-3-8(13)14)10(15)7-4-6-16-9(7)11/h4,6H,2-3,5H2,1H3,(H,13,14). The Bertz CT molecular complexity index is 388. The normalized spacial score (nSPS) is 10.1. The highest BCUT2D eigenvalue weighted by Gasteiger charge is 2.17. The Labute approximate surface area is 97.6 Å². The van der Waals surface area contributed by atoms with E-state index in [0.717, 1.165) is 0 Å². The minimum atomic E-state index is -0.873. The maximum absolute atomic E-state index is 11.7. The van der Waals surface area contributed by atoms with E-state index in [1.54, 1.807) is 7.05 Å².